The van der Waals surface area contributed by atoms with Crippen molar-refractivity contribution in [3.05, 3.63) is 71.5 Å². The Bertz CT molecular complexity index is 1050. The van der Waals surface area contributed by atoms with Gasteiger partial charge in [0.15, 0.2) is 0 Å². The molecule has 1 aliphatic rings. The smallest absolute Gasteiger partial charge is 0.257 e. The number of methoxy groups -OCH3 is 1. The van der Waals surface area contributed by atoms with Gasteiger partial charge >= 0.3 is 0 Å². The van der Waals surface area contributed by atoms with E-state index in [1.807, 2.05) is 30.3 Å². The number of halogens is 1. The Morgan fingerprint density at radius 3 is 2.58 bits per heavy atom. The van der Waals surface area contributed by atoms with Gasteiger partial charge in [-0.05, 0) is 18.6 Å². The molecule has 0 aliphatic carbocycles. The number of hydrogen-bond donors (Lipinski definition) is 0. The fourth-order valence-corrected chi connectivity index (χ4v) is 3.93. The maximum atomic E-state index is 14.5. The fourth-order valence-electron chi connectivity index (χ4n) is 3.93. The van der Waals surface area contributed by atoms with Gasteiger partial charge in [0.1, 0.15) is 11.5 Å². The summed E-state index contributed by atoms with van der Waals surface area (Å²) >= 11 is 0. The third kappa shape index (κ3) is 5.40. The first kappa shape index (κ1) is 22.9. The maximum Gasteiger partial charge on any atom is 0.257 e. The number of morpholine rings is 1. The highest BCUT2D eigenvalue weighted by atomic mass is 19.1. The van der Waals surface area contributed by atoms with E-state index in [1.165, 1.54) is 12.1 Å². The predicted octanol–water partition coefficient (Wildman–Crippen LogP) is 4.00. The number of benzene rings is 2. The molecule has 1 amide bonds. The van der Waals surface area contributed by atoms with E-state index in [-0.39, 0.29) is 18.0 Å². The summed E-state index contributed by atoms with van der Waals surface area (Å²) < 4.78 is 30.9. The van der Waals surface area contributed by atoms with Gasteiger partial charge in [-0.1, -0.05) is 47.6 Å². The minimum Gasteiger partial charge on any atom is -0.385 e. The van der Waals surface area contributed by atoms with Crippen molar-refractivity contribution in [1.29, 1.82) is 0 Å². The molecule has 3 aromatic rings. The van der Waals surface area contributed by atoms with Gasteiger partial charge in [-0.15, -0.1) is 0 Å². The number of anilines is 1. The van der Waals surface area contributed by atoms with Crippen molar-refractivity contribution in [3.8, 4) is 11.3 Å². The van der Waals surface area contributed by atoms with E-state index in [0.29, 0.717) is 57.5 Å². The van der Waals surface area contributed by atoms with Gasteiger partial charge in [0.25, 0.3) is 5.91 Å². The van der Waals surface area contributed by atoms with Crippen LogP contribution in [0.2, 0.25) is 0 Å². The molecule has 0 unspecified atom stereocenters. The number of nitrogens with zero attached hydrogens (tertiary/aromatic N) is 3. The van der Waals surface area contributed by atoms with Crippen LogP contribution in [0.5, 0.6) is 0 Å². The van der Waals surface area contributed by atoms with E-state index in [9.17, 15) is 9.18 Å². The Morgan fingerprint density at radius 2 is 1.85 bits per heavy atom. The average Bonchev–Trinajstić information content (AvgIpc) is 3.28. The lowest BCUT2D eigenvalue weighted by molar-refractivity contribution is 0.0718. The topological polar surface area (TPSA) is 68.0 Å². The van der Waals surface area contributed by atoms with Crippen LogP contribution in [0.25, 0.3) is 11.3 Å². The molecule has 0 N–H and O–H groups in total. The van der Waals surface area contributed by atoms with Gasteiger partial charge in [0.2, 0.25) is 5.88 Å². The molecule has 7 nitrogen and oxygen atoms in total. The molecule has 2 heterocycles. The summed E-state index contributed by atoms with van der Waals surface area (Å²) in [6.45, 7) is 3.65. The molecule has 174 valence electrons. The van der Waals surface area contributed by atoms with Gasteiger partial charge in [-0.2, -0.15) is 0 Å². The molecule has 1 saturated heterocycles. The number of rotatable bonds is 9. The van der Waals surface area contributed by atoms with Crippen LogP contribution in [-0.2, 0) is 16.0 Å². The fraction of sp³-hybridized carbons (Fsp3) is 0.360. The molecular formula is C25H28FN3O4. The van der Waals surface area contributed by atoms with Crippen LogP contribution in [0.4, 0.5) is 10.3 Å². The van der Waals surface area contributed by atoms with Gasteiger partial charge in [-0.3, -0.25) is 4.79 Å². The molecule has 1 aliphatic heterocycles. The number of ether oxygens (including phenoxy) is 2. The molecule has 0 bridgehead atoms. The summed E-state index contributed by atoms with van der Waals surface area (Å²) in [6.07, 6.45) is 0.621. The van der Waals surface area contributed by atoms with Crippen LogP contribution in [0.15, 0.2) is 59.1 Å². The van der Waals surface area contributed by atoms with E-state index in [0.717, 1.165) is 11.1 Å². The third-order valence-electron chi connectivity index (χ3n) is 5.63. The van der Waals surface area contributed by atoms with Crippen LogP contribution < -0.4 is 4.90 Å². The monoisotopic (exact) mass is 453 g/mol. The van der Waals surface area contributed by atoms with Crippen molar-refractivity contribution in [3.63, 3.8) is 0 Å². The van der Waals surface area contributed by atoms with E-state index >= 15 is 0 Å². The highest BCUT2D eigenvalue weighted by molar-refractivity contribution is 5.94. The number of hydrogen-bond acceptors (Lipinski definition) is 6. The molecule has 0 saturated carbocycles. The van der Waals surface area contributed by atoms with E-state index in [2.05, 4.69) is 10.1 Å². The molecule has 33 heavy (non-hydrogen) atoms. The zero-order valence-electron chi connectivity index (χ0n) is 18.7. The molecule has 2 aromatic carbocycles. The van der Waals surface area contributed by atoms with Crippen molar-refractivity contribution in [2.24, 2.45) is 0 Å². The van der Waals surface area contributed by atoms with Crippen LogP contribution in [0.1, 0.15) is 22.3 Å². The van der Waals surface area contributed by atoms with Crippen molar-refractivity contribution >= 4 is 11.8 Å². The minimum atomic E-state index is -0.541. The Balaban J connectivity index is 1.71. The van der Waals surface area contributed by atoms with Crippen molar-refractivity contribution in [2.75, 3.05) is 51.5 Å². The first-order valence-corrected chi connectivity index (χ1v) is 11.1. The number of aromatic nitrogens is 1. The van der Waals surface area contributed by atoms with E-state index < -0.39 is 5.82 Å². The van der Waals surface area contributed by atoms with Crippen LogP contribution in [-0.4, -0.2) is 62.5 Å². The summed E-state index contributed by atoms with van der Waals surface area (Å²) in [5.41, 5.74) is 2.41. The molecule has 0 radical (unpaired) electrons. The summed E-state index contributed by atoms with van der Waals surface area (Å²) in [5.74, 6) is -0.297. The van der Waals surface area contributed by atoms with Crippen LogP contribution in [0.3, 0.4) is 0 Å². The van der Waals surface area contributed by atoms with Gasteiger partial charge in [0.05, 0.1) is 30.9 Å². The Hall–Kier alpha value is -3.23. The largest absolute Gasteiger partial charge is 0.385 e. The van der Waals surface area contributed by atoms with E-state index in [1.54, 1.807) is 24.1 Å². The zero-order chi connectivity index (χ0) is 23.0. The van der Waals surface area contributed by atoms with Crippen molar-refractivity contribution in [2.45, 2.75) is 13.0 Å². The molecule has 1 fully saturated rings. The minimum absolute atomic E-state index is 0.0422. The number of carbonyl (C=O) groups is 1. The second kappa shape index (κ2) is 11.1. The SMILES string of the molecule is COCCCN(Cc1c(-c2ccccc2)noc1N1CCOCC1)C(=O)c1ccccc1F. The number of amides is 1. The second-order valence-corrected chi connectivity index (χ2v) is 7.83. The number of carbonyl (C=O) groups excluding carboxylic acids is 1. The lowest BCUT2D eigenvalue weighted by Gasteiger charge is -2.28. The first-order chi connectivity index (χ1) is 16.2. The maximum absolute atomic E-state index is 14.5. The summed E-state index contributed by atoms with van der Waals surface area (Å²) in [5, 5.41) is 4.37. The molecule has 0 spiro atoms. The molecule has 4 rings (SSSR count). The third-order valence-corrected chi connectivity index (χ3v) is 5.63. The molecule has 0 atom stereocenters. The van der Waals surface area contributed by atoms with Crippen LogP contribution in [0, 0.1) is 5.82 Å². The van der Waals surface area contributed by atoms with Gasteiger partial charge < -0.3 is 23.8 Å². The standard InChI is InChI=1S/C25H28FN3O4/c1-31-15-7-12-29(24(30)20-10-5-6-11-22(20)26)18-21-23(19-8-3-2-4-9-19)27-33-25(21)28-13-16-32-17-14-28/h2-6,8-11H,7,12-18H2,1H3. The van der Waals surface area contributed by atoms with Crippen LogP contribution >= 0.6 is 0 Å². The van der Waals surface area contributed by atoms with Gasteiger partial charge in [-0.25, -0.2) is 4.39 Å². The quantitative estimate of drug-likeness (QED) is 0.457. The first-order valence-electron chi connectivity index (χ1n) is 11.1. The normalized spacial score (nSPS) is 13.8. The Kier molecular flexibility index (Phi) is 7.70. The van der Waals surface area contributed by atoms with Gasteiger partial charge in [0, 0.05) is 38.9 Å². The average molecular weight is 454 g/mol. The Morgan fingerprint density at radius 1 is 1.12 bits per heavy atom. The lowest BCUT2D eigenvalue weighted by Crippen LogP contribution is -2.37. The Labute approximate surface area is 192 Å². The molecule has 1 aromatic heterocycles. The predicted molar refractivity (Wildman–Crippen MR) is 123 cm³/mol. The lowest BCUT2D eigenvalue weighted by atomic mass is 10.1. The van der Waals surface area contributed by atoms with E-state index in [4.69, 9.17) is 14.0 Å². The summed E-state index contributed by atoms with van der Waals surface area (Å²) in [4.78, 5) is 17.1. The summed E-state index contributed by atoms with van der Waals surface area (Å²) in [6, 6.07) is 15.8. The molecular weight excluding hydrogens is 425 g/mol. The highest BCUT2D eigenvalue weighted by Gasteiger charge is 2.28. The summed E-state index contributed by atoms with van der Waals surface area (Å²) in [7, 11) is 1.62. The zero-order valence-corrected chi connectivity index (χ0v) is 18.7. The molecule has 8 heteroatoms. The van der Waals surface area contributed by atoms with Crippen molar-refractivity contribution in [1.82, 2.24) is 10.1 Å². The highest BCUT2D eigenvalue weighted by Crippen LogP contribution is 2.33. The van der Waals surface area contributed by atoms with Crippen molar-refractivity contribution < 1.29 is 23.2 Å². The second-order valence-electron chi connectivity index (χ2n) is 7.83.